The molecule has 0 unspecified atom stereocenters. The Morgan fingerprint density at radius 1 is 1.50 bits per heavy atom. The van der Waals surface area contributed by atoms with Gasteiger partial charge in [-0.15, -0.1) is 6.58 Å². The van der Waals surface area contributed by atoms with E-state index in [4.69, 9.17) is 0 Å². The Morgan fingerprint density at radius 2 is 2.25 bits per heavy atom. The first-order valence-electron chi connectivity index (χ1n) is 4.14. The van der Waals surface area contributed by atoms with E-state index < -0.39 is 0 Å². The number of allylic oxidation sites excluding steroid dienone is 3. The molecule has 0 atom stereocenters. The third kappa shape index (κ3) is 7.06. The van der Waals surface area contributed by atoms with Crippen molar-refractivity contribution < 1.29 is 9.53 Å². The fourth-order valence-corrected chi connectivity index (χ4v) is 0.777. The normalized spacial score (nSPS) is 10.1. The van der Waals surface area contributed by atoms with E-state index in [0.717, 1.165) is 19.3 Å². The third-order valence-corrected chi connectivity index (χ3v) is 1.45. The lowest BCUT2D eigenvalue weighted by molar-refractivity contribution is -0.140. The summed E-state index contributed by atoms with van der Waals surface area (Å²) in [5.41, 5.74) is 0. The first kappa shape index (κ1) is 11.0. The number of hydrogen-bond donors (Lipinski definition) is 0. The zero-order valence-electron chi connectivity index (χ0n) is 7.58. The number of carbonyl (C=O) groups is 1. The summed E-state index contributed by atoms with van der Waals surface area (Å²) in [7, 11) is 1.41. The number of ether oxygens (including phenoxy) is 1. The van der Waals surface area contributed by atoms with Crippen LogP contribution in [0.3, 0.4) is 0 Å². The van der Waals surface area contributed by atoms with Crippen molar-refractivity contribution in [2.75, 3.05) is 7.11 Å². The molecular weight excluding hydrogens is 152 g/mol. The summed E-state index contributed by atoms with van der Waals surface area (Å²) in [6.45, 7) is 3.59. The highest BCUT2D eigenvalue weighted by atomic mass is 16.5. The average molecular weight is 168 g/mol. The topological polar surface area (TPSA) is 26.3 Å². The van der Waals surface area contributed by atoms with Gasteiger partial charge in [-0.1, -0.05) is 18.2 Å². The summed E-state index contributed by atoms with van der Waals surface area (Å²) in [5, 5.41) is 0. The highest BCUT2D eigenvalue weighted by Gasteiger charge is 1.96. The van der Waals surface area contributed by atoms with Gasteiger partial charge in [0.1, 0.15) is 0 Å². The largest absolute Gasteiger partial charge is 0.469 e. The van der Waals surface area contributed by atoms with Crippen LogP contribution in [0.15, 0.2) is 24.8 Å². The molecule has 0 bridgehead atoms. The molecule has 0 N–H and O–H groups in total. The molecule has 0 radical (unpaired) electrons. The summed E-state index contributed by atoms with van der Waals surface area (Å²) >= 11 is 0. The maximum absolute atomic E-state index is 10.6. The fraction of sp³-hybridized carbons (Fsp3) is 0.500. The van der Waals surface area contributed by atoms with E-state index >= 15 is 0 Å². The standard InChI is InChI=1S/C10H16O2/c1-3-4-5-6-7-8-9-10(11)12-2/h3,5-6H,1,4,7-9H2,2H3/b6-5-. The van der Waals surface area contributed by atoms with E-state index in [9.17, 15) is 4.79 Å². The molecule has 0 aromatic carbocycles. The summed E-state index contributed by atoms with van der Waals surface area (Å²) in [5.74, 6) is -0.132. The quantitative estimate of drug-likeness (QED) is 0.346. The van der Waals surface area contributed by atoms with Crippen molar-refractivity contribution in [2.24, 2.45) is 0 Å². The Kier molecular flexibility index (Phi) is 7.35. The number of methoxy groups -OCH3 is 1. The highest BCUT2D eigenvalue weighted by molar-refractivity contribution is 5.68. The molecular formula is C10H16O2. The number of carbonyl (C=O) groups excluding carboxylic acids is 1. The van der Waals surface area contributed by atoms with Crippen molar-refractivity contribution in [3.63, 3.8) is 0 Å². The Bertz CT molecular complexity index is 159. The molecule has 0 saturated carbocycles. The van der Waals surface area contributed by atoms with Crippen molar-refractivity contribution >= 4 is 5.97 Å². The molecule has 0 fully saturated rings. The molecule has 0 aliphatic heterocycles. The number of unbranched alkanes of at least 4 members (excludes halogenated alkanes) is 1. The van der Waals surface area contributed by atoms with Crippen LogP contribution < -0.4 is 0 Å². The monoisotopic (exact) mass is 168 g/mol. The smallest absolute Gasteiger partial charge is 0.305 e. The molecule has 0 amide bonds. The molecule has 68 valence electrons. The average Bonchev–Trinajstić information content (AvgIpc) is 2.10. The maximum Gasteiger partial charge on any atom is 0.305 e. The summed E-state index contributed by atoms with van der Waals surface area (Å²) in [6.07, 6.45) is 9.15. The van der Waals surface area contributed by atoms with Crippen LogP contribution in [0.1, 0.15) is 25.7 Å². The van der Waals surface area contributed by atoms with Crippen molar-refractivity contribution in [1.82, 2.24) is 0 Å². The van der Waals surface area contributed by atoms with Crippen LogP contribution in [-0.2, 0) is 9.53 Å². The number of esters is 1. The molecule has 12 heavy (non-hydrogen) atoms. The molecule has 0 aliphatic rings. The van der Waals surface area contributed by atoms with E-state index in [1.165, 1.54) is 7.11 Å². The Hall–Kier alpha value is -1.05. The van der Waals surface area contributed by atoms with Gasteiger partial charge in [0.05, 0.1) is 7.11 Å². The molecule has 0 aliphatic carbocycles. The molecule has 0 spiro atoms. The van der Waals surface area contributed by atoms with Gasteiger partial charge >= 0.3 is 5.97 Å². The van der Waals surface area contributed by atoms with Gasteiger partial charge in [-0.25, -0.2) is 0 Å². The van der Waals surface area contributed by atoms with Gasteiger partial charge in [0.25, 0.3) is 0 Å². The van der Waals surface area contributed by atoms with E-state index in [-0.39, 0.29) is 5.97 Å². The predicted molar refractivity (Wildman–Crippen MR) is 49.8 cm³/mol. The van der Waals surface area contributed by atoms with E-state index in [2.05, 4.69) is 17.4 Å². The van der Waals surface area contributed by atoms with Crippen LogP contribution in [0.2, 0.25) is 0 Å². The first-order valence-corrected chi connectivity index (χ1v) is 4.14. The minimum Gasteiger partial charge on any atom is -0.469 e. The lowest BCUT2D eigenvalue weighted by atomic mass is 10.2. The van der Waals surface area contributed by atoms with Gasteiger partial charge in [-0.3, -0.25) is 4.79 Å². The maximum atomic E-state index is 10.6. The summed E-state index contributed by atoms with van der Waals surface area (Å²) < 4.78 is 4.50. The van der Waals surface area contributed by atoms with E-state index in [1.807, 2.05) is 12.2 Å². The van der Waals surface area contributed by atoms with Crippen LogP contribution in [0, 0.1) is 0 Å². The molecule has 0 aromatic heterocycles. The van der Waals surface area contributed by atoms with E-state index in [1.54, 1.807) is 0 Å². The molecule has 0 rings (SSSR count). The molecule has 2 heteroatoms. The van der Waals surface area contributed by atoms with Gasteiger partial charge in [0.15, 0.2) is 0 Å². The van der Waals surface area contributed by atoms with Crippen molar-refractivity contribution in [3.05, 3.63) is 24.8 Å². The van der Waals surface area contributed by atoms with Crippen LogP contribution >= 0.6 is 0 Å². The van der Waals surface area contributed by atoms with Crippen molar-refractivity contribution in [1.29, 1.82) is 0 Å². The van der Waals surface area contributed by atoms with Gasteiger partial charge in [0.2, 0.25) is 0 Å². The van der Waals surface area contributed by atoms with Crippen molar-refractivity contribution in [3.8, 4) is 0 Å². The first-order chi connectivity index (χ1) is 5.81. The van der Waals surface area contributed by atoms with Gasteiger partial charge in [-0.2, -0.15) is 0 Å². The Morgan fingerprint density at radius 3 is 2.83 bits per heavy atom. The third-order valence-electron chi connectivity index (χ3n) is 1.45. The van der Waals surface area contributed by atoms with Crippen molar-refractivity contribution in [2.45, 2.75) is 25.7 Å². The van der Waals surface area contributed by atoms with Gasteiger partial charge in [0, 0.05) is 6.42 Å². The molecule has 0 aromatic rings. The van der Waals surface area contributed by atoms with Crippen LogP contribution in [0.25, 0.3) is 0 Å². The minimum atomic E-state index is -0.132. The zero-order chi connectivity index (χ0) is 9.23. The molecule has 0 heterocycles. The van der Waals surface area contributed by atoms with E-state index in [0.29, 0.717) is 6.42 Å². The Balaban J connectivity index is 3.20. The highest BCUT2D eigenvalue weighted by Crippen LogP contribution is 1.98. The molecule has 0 saturated heterocycles. The summed E-state index contributed by atoms with van der Waals surface area (Å²) in [6, 6.07) is 0. The SMILES string of the molecule is C=CC/C=C\CCCC(=O)OC. The lowest BCUT2D eigenvalue weighted by Gasteiger charge is -1.95. The van der Waals surface area contributed by atoms with Crippen LogP contribution in [-0.4, -0.2) is 13.1 Å². The summed E-state index contributed by atoms with van der Waals surface area (Å²) in [4.78, 5) is 10.6. The Labute approximate surface area is 73.9 Å². The second-order valence-corrected chi connectivity index (χ2v) is 2.46. The van der Waals surface area contributed by atoms with Crippen LogP contribution in [0.4, 0.5) is 0 Å². The van der Waals surface area contributed by atoms with Crippen LogP contribution in [0.5, 0.6) is 0 Å². The lowest BCUT2D eigenvalue weighted by Crippen LogP contribution is -1.98. The van der Waals surface area contributed by atoms with Gasteiger partial charge in [-0.05, 0) is 19.3 Å². The second kappa shape index (κ2) is 8.05. The second-order valence-electron chi connectivity index (χ2n) is 2.46. The fourth-order valence-electron chi connectivity index (χ4n) is 0.777. The predicted octanol–water partition coefficient (Wildman–Crippen LogP) is 2.46. The zero-order valence-corrected chi connectivity index (χ0v) is 7.58. The minimum absolute atomic E-state index is 0.132. The van der Waals surface area contributed by atoms with Gasteiger partial charge < -0.3 is 4.74 Å². The number of hydrogen-bond acceptors (Lipinski definition) is 2. The molecule has 2 nitrogen and oxygen atoms in total. The number of rotatable bonds is 6.